The number of nitrogens with one attached hydrogen (secondary N) is 1. The summed E-state index contributed by atoms with van der Waals surface area (Å²) in [5, 5.41) is 3.28. The molecule has 0 spiro atoms. The van der Waals surface area contributed by atoms with E-state index in [4.69, 9.17) is 39.5 Å². The highest BCUT2D eigenvalue weighted by Crippen LogP contribution is 2.32. The number of hydrogen-bond donors (Lipinski definition) is 1. The Balaban J connectivity index is 1.67. The number of amides is 1. The van der Waals surface area contributed by atoms with Crippen LogP contribution in [0.3, 0.4) is 0 Å². The van der Waals surface area contributed by atoms with E-state index in [2.05, 4.69) is 5.32 Å². The van der Waals surface area contributed by atoms with E-state index in [9.17, 15) is 17.6 Å². The van der Waals surface area contributed by atoms with Gasteiger partial charge in [-0.2, -0.15) is 0 Å². The van der Waals surface area contributed by atoms with Gasteiger partial charge in [0.2, 0.25) is 10.0 Å². The lowest BCUT2D eigenvalue weighted by atomic mass is 10.2. The van der Waals surface area contributed by atoms with Crippen LogP contribution in [0.5, 0.6) is 5.75 Å². The topological polar surface area (TPSA) is 75.7 Å². The molecule has 0 fully saturated rings. The molecule has 11 heteroatoms. The number of halogens is 4. The summed E-state index contributed by atoms with van der Waals surface area (Å²) in [5.41, 5.74) is 0.841. The van der Waals surface area contributed by atoms with E-state index in [-0.39, 0.29) is 39.5 Å². The van der Waals surface area contributed by atoms with Gasteiger partial charge < -0.3 is 10.1 Å². The van der Waals surface area contributed by atoms with Crippen molar-refractivity contribution < 1.29 is 22.3 Å². The standard InChI is InChI=1S/C22H18Cl3FN2O4S/c1-33(30,31)28(12-14-4-2-3-5-20(14)26)15-6-8-16(9-7-15)32-13-22(29)27-21-11-18(24)17(23)10-19(21)25/h2-11H,12-13H2,1H3,(H,27,29). The predicted octanol–water partition coefficient (Wildman–Crippen LogP) is 5.77. The van der Waals surface area contributed by atoms with Crippen LogP contribution in [0.4, 0.5) is 15.8 Å². The van der Waals surface area contributed by atoms with Crippen LogP contribution in [0.25, 0.3) is 0 Å². The van der Waals surface area contributed by atoms with Crippen molar-refractivity contribution >= 4 is 62.1 Å². The van der Waals surface area contributed by atoms with Gasteiger partial charge in [-0.15, -0.1) is 0 Å². The molecule has 0 saturated carbocycles. The van der Waals surface area contributed by atoms with Gasteiger partial charge in [-0.05, 0) is 42.5 Å². The Morgan fingerprint density at radius 3 is 2.27 bits per heavy atom. The van der Waals surface area contributed by atoms with Crippen molar-refractivity contribution in [3.05, 3.63) is 87.1 Å². The summed E-state index contributed by atoms with van der Waals surface area (Å²) in [6.45, 7) is -0.501. The van der Waals surface area contributed by atoms with E-state index < -0.39 is 21.7 Å². The molecule has 3 aromatic carbocycles. The molecule has 0 aromatic heterocycles. The first-order valence-electron chi connectivity index (χ1n) is 9.43. The number of anilines is 2. The van der Waals surface area contributed by atoms with Gasteiger partial charge in [-0.3, -0.25) is 9.10 Å². The van der Waals surface area contributed by atoms with Gasteiger partial charge in [0.05, 0.1) is 39.2 Å². The number of carbonyl (C=O) groups excluding carboxylic acids is 1. The zero-order valence-corrected chi connectivity index (χ0v) is 20.3. The number of nitrogens with zero attached hydrogens (tertiary/aromatic N) is 1. The number of sulfonamides is 1. The zero-order chi connectivity index (χ0) is 24.2. The first-order chi connectivity index (χ1) is 15.5. The number of ether oxygens (including phenoxy) is 1. The smallest absolute Gasteiger partial charge is 0.262 e. The van der Waals surface area contributed by atoms with Crippen molar-refractivity contribution in [3.63, 3.8) is 0 Å². The predicted molar refractivity (Wildman–Crippen MR) is 129 cm³/mol. The monoisotopic (exact) mass is 530 g/mol. The normalized spacial score (nSPS) is 11.2. The van der Waals surface area contributed by atoms with Gasteiger partial charge >= 0.3 is 0 Å². The SMILES string of the molecule is CS(=O)(=O)N(Cc1ccccc1F)c1ccc(OCC(=O)Nc2cc(Cl)c(Cl)cc2Cl)cc1. The molecule has 0 saturated heterocycles. The molecule has 3 rings (SSSR count). The van der Waals surface area contributed by atoms with Gasteiger partial charge in [0, 0.05) is 5.56 Å². The minimum atomic E-state index is -3.69. The molecule has 33 heavy (non-hydrogen) atoms. The molecule has 0 radical (unpaired) electrons. The third kappa shape index (κ3) is 6.74. The van der Waals surface area contributed by atoms with Gasteiger partial charge in [-0.1, -0.05) is 53.0 Å². The van der Waals surface area contributed by atoms with Gasteiger partial charge in [-0.25, -0.2) is 12.8 Å². The van der Waals surface area contributed by atoms with Crippen LogP contribution < -0.4 is 14.4 Å². The quantitative estimate of drug-likeness (QED) is 0.375. The molecular weight excluding hydrogens is 514 g/mol. The average Bonchev–Trinajstić information content (AvgIpc) is 2.75. The minimum Gasteiger partial charge on any atom is -0.484 e. The molecule has 0 aliphatic carbocycles. The van der Waals surface area contributed by atoms with Crippen LogP contribution in [-0.4, -0.2) is 27.2 Å². The highest BCUT2D eigenvalue weighted by Gasteiger charge is 2.19. The summed E-state index contributed by atoms with van der Waals surface area (Å²) in [7, 11) is -3.69. The number of benzene rings is 3. The molecule has 0 unspecified atom stereocenters. The third-order valence-corrected chi connectivity index (χ3v) is 6.63. The molecule has 3 aromatic rings. The fraction of sp³-hybridized carbons (Fsp3) is 0.136. The summed E-state index contributed by atoms with van der Waals surface area (Å²) in [5.74, 6) is -0.663. The van der Waals surface area contributed by atoms with Crippen LogP contribution in [0.2, 0.25) is 15.1 Å². The molecule has 6 nitrogen and oxygen atoms in total. The summed E-state index contributed by atoms with van der Waals surface area (Å²) in [6.07, 6.45) is 1.04. The van der Waals surface area contributed by atoms with E-state index in [0.717, 1.165) is 10.6 Å². The van der Waals surface area contributed by atoms with Gasteiger partial charge in [0.25, 0.3) is 5.91 Å². The summed E-state index contributed by atoms with van der Waals surface area (Å²) in [4.78, 5) is 12.2. The first kappa shape index (κ1) is 25.1. The highest BCUT2D eigenvalue weighted by molar-refractivity contribution is 7.92. The summed E-state index contributed by atoms with van der Waals surface area (Å²) >= 11 is 17.8. The second-order valence-electron chi connectivity index (χ2n) is 6.94. The lowest BCUT2D eigenvalue weighted by Gasteiger charge is -2.23. The van der Waals surface area contributed by atoms with Crippen molar-refractivity contribution in [3.8, 4) is 5.75 Å². The van der Waals surface area contributed by atoms with E-state index in [1.165, 1.54) is 54.6 Å². The zero-order valence-electron chi connectivity index (χ0n) is 17.2. The maximum absolute atomic E-state index is 14.0. The average molecular weight is 532 g/mol. The van der Waals surface area contributed by atoms with Crippen LogP contribution in [0.15, 0.2) is 60.7 Å². The fourth-order valence-corrected chi connectivity index (χ4v) is 4.32. The van der Waals surface area contributed by atoms with Crippen LogP contribution in [0, 0.1) is 5.82 Å². The lowest BCUT2D eigenvalue weighted by molar-refractivity contribution is -0.118. The van der Waals surface area contributed by atoms with E-state index in [0.29, 0.717) is 11.4 Å². The number of rotatable bonds is 8. The Bertz CT molecular complexity index is 1270. The summed E-state index contributed by atoms with van der Waals surface area (Å²) in [6, 6.07) is 14.8. The Hall–Kier alpha value is -2.52. The lowest BCUT2D eigenvalue weighted by Crippen LogP contribution is -2.29. The van der Waals surface area contributed by atoms with Crippen molar-refractivity contribution in [1.82, 2.24) is 0 Å². The van der Waals surface area contributed by atoms with Crippen molar-refractivity contribution in [2.75, 3.05) is 22.5 Å². The molecular formula is C22H18Cl3FN2O4S. The molecule has 0 bridgehead atoms. The molecule has 174 valence electrons. The largest absolute Gasteiger partial charge is 0.484 e. The summed E-state index contributed by atoms with van der Waals surface area (Å²) < 4.78 is 45.1. The van der Waals surface area contributed by atoms with Crippen molar-refractivity contribution in [2.24, 2.45) is 0 Å². The van der Waals surface area contributed by atoms with Gasteiger partial charge in [0.1, 0.15) is 11.6 Å². The van der Waals surface area contributed by atoms with E-state index in [1.54, 1.807) is 6.07 Å². The maximum Gasteiger partial charge on any atom is 0.262 e. The Kier molecular flexibility index (Phi) is 8.07. The highest BCUT2D eigenvalue weighted by atomic mass is 35.5. The first-order valence-corrected chi connectivity index (χ1v) is 12.4. The third-order valence-electron chi connectivity index (χ3n) is 4.45. The molecule has 1 N–H and O–H groups in total. The number of carbonyl (C=O) groups is 1. The number of hydrogen-bond acceptors (Lipinski definition) is 4. The molecule has 1 amide bonds. The molecule has 0 aliphatic rings. The van der Waals surface area contributed by atoms with Crippen LogP contribution in [-0.2, 0) is 21.4 Å². The van der Waals surface area contributed by atoms with E-state index in [1.807, 2.05) is 0 Å². The Labute approximate surface area is 205 Å². The van der Waals surface area contributed by atoms with Crippen molar-refractivity contribution in [1.29, 1.82) is 0 Å². The van der Waals surface area contributed by atoms with Crippen LogP contribution >= 0.6 is 34.8 Å². The molecule has 0 atom stereocenters. The molecule has 0 heterocycles. The van der Waals surface area contributed by atoms with E-state index >= 15 is 0 Å². The van der Waals surface area contributed by atoms with Crippen molar-refractivity contribution in [2.45, 2.75) is 6.54 Å². The minimum absolute atomic E-state index is 0.168. The fourth-order valence-electron chi connectivity index (χ4n) is 2.84. The Morgan fingerprint density at radius 1 is 1.00 bits per heavy atom. The second-order valence-corrected chi connectivity index (χ2v) is 10.1. The maximum atomic E-state index is 14.0. The van der Waals surface area contributed by atoms with Gasteiger partial charge in [0.15, 0.2) is 6.61 Å². The molecule has 0 aliphatic heterocycles. The van der Waals surface area contributed by atoms with Crippen LogP contribution in [0.1, 0.15) is 5.56 Å². The Morgan fingerprint density at radius 2 is 1.64 bits per heavy atom. The second kappa shape index (κ2) is 10.6.